The second kappa shape index (κ2) is 6.26. The van der Waals surface area contributed by atoms with Crippen LogP contribution in [0.5, 0.6) is 0 Å². The van der Waals surface area contributed by atoms with Gasteiger partial charge in [-0.05, 0) is 24.8 Å². The van der Waals surface area contributed by atoms with Crippen LogP contribution in [0.1, 0.15) is 41.2 Å². The molecular weight excluding hydrogens is 334 g/mol. The minimum Gasteiger partial charge on any atom is -0.339 e. The second-order valence-corrected chi connectivity index (χ2v) is 7.67. The number of hydrogen-bond donors (Lipinski definition) is 0. The molecule has 1 spiro atoms. The van der Waals surface area contributed by atoms with E-state index in [0.29, 0.717) is 18.8 Å². The van der Waals surface area contributed by atoms with Crippen LogP contribution < -0.4 is 0 Å². The number of rotatable bonds is 2. The molecule has 4 rings (SSSR count). The summed E-state index contributed by atoms with van der Waals surface area (Å²) in [6.45, 7) is 1.35. The highest BCUT2D eigenvalue weighted by molar-refractivity contribution is 7.07. The summed E-state index contributed by atoms with van der Waals surface area (Å²) >= 11 is 1.44. The van der Waals surface area contributed by atoms with Crippen LogP contribution in [-0.2, 0) is 4.79 Å². The summed E-state index contributed by atoms with van der Waals surface area (Å²) in [5.41, 5.74) is 3.18. The van der Waals surface area contributed by atoms with Gasteiger partial charge in [0.15, 0.2) is 0 Å². The van der Waals surface area contributed by atoms with Gasteiger partial charge >= 0.3 is 0 Å². The topological polar surface area (TPSA) is 53.5 Å². The minimum atomic E-state index is -0.129. The third-order valence-electron chi connectivity index (χ3n) is 5.76. The number of amides is 2. The number of aromatic nitrogens is 1. The molecule has 130 valence electrons. The Morgan fingerprint density at radius 3 is 2.60 bits per heavy atom. The monoisotopic (exact) mass is 355 g/mol. The number of nitrogens with zero attached hydrogens (tertiary/aromatic N) is 3. The molecule has 1 aromatic carbocycles. The van der Waals surface area contributed by atoms with Gasteiger partial charge in [-0.15, -0.1) is 11.3 Å². The Morgan fingerprint density at radius 2 is 1.96 bits per heavy atom. The van der Waals surface area contributed by atoms with E-state index in [-0.39, 0.29) is 23.3 Å². The number of likely N-dealkylation sites (tertiary alicyclic amines) is 2. The Kier molecular flexibility index (Phi) is 4.07. The van der Waals surface area contributed by atoms with Gasteiger partial charge < -0.3 is 9.80 Å². The molecule has 25 heavy (non-hydrogen) atoms. The van der Waals surface area contributed by atoms with Gasteiger partial charge in [0, 0.05) is 31.1 Å². The van der Waals surface area contributed by atoms with E-state index >= 15 is 0 Å². The van der Waals surface area contributed by atoms with Gasteiger partial charge in [0.25, 0.3) is 5.91 Å². The number of carbonyl (C=O) groups is 2. The van der Waals surface area contributed by atoms with Gasteiger partial charge in [-0.3, -0.25) is 9.59 Å². The average molecular weight is 355 g/mol. The molecule has 6 heteroatoms. The first-order valence-electron chi connectivity index (χ1n) is 8.61. The Hall–Kier alpha value is -2.21. The van der Waals surface area contributed by atoms with Crippen molar-refractivity contribution < 1.29 is 9.59 Å². The lowest BCUT2D eigenvalue weighted by molar-refractivity contribution is -0.131. The zero-order valence-electron chi connectivity index (χ0n) is 14.2. The molecule has 0 bridgehead atoms. The summed E-state index contributed by atoms with van der Waals surface area (Å²) in [6.07, 6.45) is 2.49. The molecule has 1 atom stereocenters. The summed E-state index contributed by atoms with van der Waals surface area (Å²) < 4.78 is 0. The first kappa shape index (κ1) is 16.3. The molecule has 2 aliphatic heterocycles. The molecule has 5 nitrogen and oxygen atoms in total. The van der Waals surface area contributed by atoms with Crippen LogP contribution in [0.25, 0.3) is 0 Å². The molecule has 0 saturated carbocycles. The van der Waals surface area contributed by atoms with Crippen LogP contribution in [0.2, 0.25) is 0 Å². The molecule has 0 N–H and O–H groups in total. The van der Waals surface area contributed by atoms with E-state index in [1.54, 1.807) is 10.9 Å². The standard InChI is InChI=1S/C19H21N3O2S/c1-21-17(23)15(14-5-3-2-4-6-14)11-19(21)7-9-22(10-8-19)18(24)16-12-25-13-20-16/h2-6,12-13,15H,7-11H2,1H3. The number of hydrogen-bond acceptors (Lipinski definition) is 4. The van der Waals surface area contributed by atoms with E-state index in [2.05, 4.69) is 4.98 Å². The van der Waals surface area contributed by atoms with Crippen molar-refractivity contribution in [2.45, 2.75) is 30.7 Å². The van der Waals surface area contributed by atoms with Crippen LogP contribution in [0.15, 0.2) is 41.2 Å². The Bertz CT molecular complexity index is 767. The lowest BCUT2D eigenvalue weighted by Gasteiger charge is -2.43. The number of thiazole rings is 1. The van der Waals surface area contributed by atoms with E-state index in [4.69, 9.17) is 0 Å². The summed E-state index contributed by atoms with van der Waals surface area (Å²) in [5.74, 6) is 0.139. The first-order valence-corrected chi connectivity index (χ1v) is 9.55. The van der Waals surface area contributed by atoms with E-state index in [9.17, 15) is 9.59 Å². The Labute approximate surface area is 151 Å². The van der Waals surface area contributed by atoms with Gasteiger partial charge in [-0.1, -0.05) is 30.3 Å². The molecule has 1 unspecified atom stereocenters. The van der Waals surface area contributed by atoms with Crippen LogP contribution >= 0.6 is 11.3 Å². The number of likely N-dealkylation sites (N-methyl/N-ethyl adjacent to an activating group) is 1. The molecule has 2 amide bonds. The maximum absolute atomic E-state index is 12.8. The van der Waals surface area contributed by atoms with E-state index < -0.39 is 0 Å². The van der Waals surface area contributed by atoms with Crippen LogP contribution in [0.3, 0.4) is 0 Å². The van der Waals surface area contributed by atoms with Crippen molar-refractivity contribution in [1.82, 2.24) is 14.8 Å². The van der Waals surface area contributed by atoms with Crippen LogP contribution in [-0.4, -0.2) is 52.3 Å². The largest absolute Gasteiger partial charge is 0.339 e. The van der Waals surface area contributed by atoms with Gasteiger partial charge in [-0.25, -0.2) is 4.98 Å². The predicted molar refractivity (Wildman–Crippen MR) is 96.6 cm³/mol. The zero-order chi connectivity index (χ0) is 17.4. The second-order valence-electron chi connectivity index (χ2n) is 6.95. The number of piperidine rings is 1. The molecule has 2 saturated heterocycles. The van der Waals surface area contributed by atoms with E-state index in [1.165, 1.54) is 11.3 Å². The highest BCUT2D eigenvalue weighted by Gasteiger charge is 2.50. The fourth-order valence-corrected chi connectivity index (χ4v) is 4.69. The van der Waals surface area contributed by atoms with Crippen LogP contribution in [0.4, 0.5) is 0 Å². The lowest BCUT2D eigenvalue weighted by Crippen LogP contribution is -2.52. The van der Waals surface area contributed by atoms with Gasteiger partial charge in [-0.2, -0.15) is 0 Å². The Balaban J connectivity index is 1.49. The maximum atomic E-state index is 12.8. The van der Waals surface area contributed by atoms with Crippen molar-refractivity contribution in [2.24, 2.45) is 0 Å². The third kappa shape index (κ3) is 2.74. The molecule has 2 fully saturated rings. The predicted octanol–water partition coefficient (Wildman–Crippen LogP) is 2.76. The van der Waals surface area contributed by atoms with Crippen molar-refractivity contribution >= 4 is 23.2 Å². The fourth-order valence-electron chi connectivity index (χ4n) is 4.16. The molecule has 3 heterocycles. The third-order valence-corrected chi connectivity index (χ3v) is 6.35. The first-order chi connectivity index (χ1) is 12.1. The molecule has 0 radical (unpaired) electrons. The quantitative estimate of drug-likeness (QED) is 0.832. The van der Waals surface area contributed by atoms with Crippen molar-refractivity contribution in [3.05, 3.63) is 52.5 Å². The van der Waals surface area contributed by atoms with Crippen LogP contribution in [0, 0.1) is 0 Å². The smallest absolute Gasteiger partial charge is 0.273 e. The normalized spacial score (nSPS) is 22.6. The highest BCUT2D eigenvalue weighted by Crippen LogP contribution is 2.44. The molecular formula is C19H21N3O2S. The summed E-state index contributed by atoms with van der Waals surface area (Å²) in [4.78, 5) is 33.2. The zero-order valence-corrected chi connectivity index (χ0v) is 15.0. The number of benzene rings is 1. The molecule has 2 aromatic rings. The van der Waals surface area contributed by atoms with Crippen molar-refractivity contribution in [2.75, 3.05) is 20.1 Å². The van der Waals surface area contributed by atoms with Crippen molar-refractivity contribution in [3.63, 3.8) is 0 Å². The van der Waals surface area contributed by atoms with Crippen molar-refractivity contribution in [3.8, 4) is 0 Å². The van der Waals surface area contributed by atoms with Gasteiger partial charge in [0.05, 0.1) is 11.4 Å². The number of carbonyl (C=O) groups excluding carboxylic acids is 2. The molecule has 0 aliphatic carbocycles. The van der Waals surface area contributed by atoms with E-state index in [1.807, 2.05) is 47.2 Å². The highest BCUT2D eigenvalue weighted by atomic mass is 32.1. The Morgan fingerprint density at radius 1 is 1.24 bits per heavy atom. The van der Waals surface area contributed by atoms with Crippen molar-refractivity contribution in [1.29, 1.82) is 0 Å². The van der Waals surface area contributed by atoms with Gasteiger partial charge in [0.1, 0.15) is 5.69 Å². The summed E-state index contributed by atoms with van der Waals surface area (Å²) in [7, 11) is 1.92. The maximum Gasteiger partial charge on any atom is 0.273 e. The van der Waals surface area contributed by atoms with Gasteiger partial charge in [0.2, 0.25) is 5.91 Å². The minimum absolute atomic E-state index is 0.00249. The lowest BCUT2D eigenvalue weighted by atomic mass is 9.81. The summed E-state index contributed by atoms with van der Waals surface area (Å²) in [6, 6.07) is 10.0. The fraction of sp³-hybridized carbons (Fsp3) is 0.421. The average Bonchev–Trinajstić information content (AvgIpc) is 3.27. The molecule has 1 aromatic heterocycles. The SMILES string of the molecule is CN1C(=O)C(c2ccccc2)CC12CCN(C(=O)c1cscn1)CC2. The molecule has 2 aliphatic rings. The summed E-state index contributed by atoms with van der Waals surface area (Å²) in [5, 5.41) is 1.80. The van der Waals surface area contributed by atoms with E-state index in [0.717, 1.165) is 24.8 Å².